The van der Waals surface area contributed by atoms with Crippen molar-refractivity contribution in [3.05, 3.63) is 22.7 Å². The molecule has 4 rings (SSSR count). The first kappa shape index (κ1) is 21.2. The molecule has 10 heteroatoms. The van der Waals surface area contributed by atoms with E-state index in [9.17, 15) is 19.8 Å². The Morgan fingerprint density at radius 1 is 1.27 bits per heavy atom. The molecule has 166 valence electrons. The van der Waals surface area contributed by atoms with Crippen LogP contribution in [-0.4, -0.2) is 57.0 Å². The number of hydrogen-bond donors (Lipinski definition) is 2. The first-order valence-corrected chi connectivity index (χ1v) is 10.5. The molecule has 1 aliphatic heterocycles. The lowest BCUT2D eigenvalue weighted by Gasteiger charge is -2.25. The van der Waals surface area contributed by atoms with Gasteiger partial charge in [0, 0.05) is 12.3 Å². The molecule has 9 nitrogen and oxygen atoms in total. The predicted molar refractivity (Wildman–Crippen MR) is 100 cm³/mol. The molecule has 0 aromatic carbocycles. The highest BCUT2D eigenvalue weighted by Gasteiger charge is 2.57. The number of carbonyl (C=O) groups excluding carboxylic acids is 1. The zero-order valence-corrected chi connectivity index (χ0v) is 16.6. The summed E-state index contributed by atoms with van der Waals surface area (Å²) in [7, 11) is 0. The van der Waals surface area contributed by atoms with Crippen LogP contribution in [0.15, 0.2) is 17.1 Å². The number of rotatable bonds is 7. The molecule has 1 aromatic rings. The van der Waals surface area contributed by atoms with Gasteiger partial charge in [0.1, 0.15) is 12.2 Å². The summed E-state index contributed by atoms with van der Waals surface area (Å²) in [6.07, 6.45) is 2.41. The van der Waals surface area contributed by atoms with E-state index < -0.39 is 42.6 Å². The largest absolute Gasteiger partial charge is 0.477 e. The van der Waals surface area contributed by atoms with Crippen LogP contribution in [0, 0.1) is 11.8 Å². The smallest absolute Gasteiger partial charge is 0.353 e. The topological polar surface area (TPSA) is 120 Å². The number of nitrogens with zero attached hydrogens (tertiary/aromatic N) is 2. The third kappa shape index (κ3) is 4.50. The Kier molecular flexibility index (Phi) is 6.08. The number of aliphatic hydroxyl groups excluding tert-OH is 2. The second-order valence-electron chi connectivity index (χ2n) is 8.38. The SMILES string of the molecule is O=C(OC[C@@]1(F)O[C@@H](n2ccc(OCC3CC3)nc2=O)[C@H](O)[C@@H]1O)C1CCCCC1. The minimum Gasteiger partial charge on any atom is -0.477 e. The zero-order chi connectivity index (χ0) is 21.3. The van der Waals surface area contributed by atoms with Crippen molar-refractivity contribution in [3.63, 3.8) is 0 Å². The number of alkyl halides is 1. The molecule has 0 amide bonds. The van der Waals surface area contributed by atoms with Crippen molar-refractivity contribution in [2.24, 2.45) is 11.8 Å². The van der Waals surface area contributed by atoms with Crippen LogP contribution in [0.4, 0.5) is 4.39 Å². The molecule has 0 unspecified atom stereocenters. The van der Waals surface area contributed by atoms with Gasteiger partial charge in [0.25, 0.3) is 5.85 Å². The van der Waals surface area contributed by atoms with E-state index >= 15 is 4.39 Å². The fourth-order valence-electron chi connectivity index (χ4n) is 3.88. The van der Waals surface area contributed by atoms with E-state index in [4.69, 9.17) is 14.2 Å². The van der Waals surface area contributed by atoms with Gasteiger partial charge in [0.15, 0.2) is 12.8 Å². The molecule has 1 aromatic heterocycles. The second-order valence-corrected chi connectivity index (χ2v) is 8.38. The van der Waals surface area contributed by atoms with E-state index in [0.29, 0.717) is 25.4 Å². The maximum atomic E-state index is 15.2. The lowest BCUT2D eigenvalue weighted by Crippen LogP contribution is -2.44. The van der Waals surface area contributed by atoms with Crippen LogP contribution in [0.25, 0.3) is 0 Å². The maximum absolute atomic E-state index is 15.2. The average Bonchev–Trinajstić information content (AvgIpc) is 3.55. The summed E-state index contributed by atoms with van der Waals surface area (Å²) in [6.45, 7) is -0.403. The highest BCUT2D eigenvalue weighted by Crippen LogP contribution is 2.38. The minimum absolute atomic E-state index is 0.129. The first-order valence-electron chi connectivity index (χ1n) is 10.5. The van der Waals surface area contributed by atoms with Gasteiger partial charge in [-0.15, -0.1) is 0 Å². The van der Waals surface area contributed by atoms with E-state index in [1.165, 1.54) is 12.3 Å². The molecular formula is C20H27FN2O7. The van der Waals surface area contributed by atoms with Crippen molar-refractivity contribution in [1.29, 1.82) is 0 Å². The molecule has 4 atom stereocenters. The van der Waals surface area contributed by atoms with Gasteiger partial charge in [-0.1, -0.05) is 19.3 Å². The van der Waals surface area contributed by atoms with E-state index in [-0.39, 0.29) is 11.8 Å². The van der Waals surface area contributed by atoms with Crippen LogP contribution < -0.4 is 10.4 Å². The number of halogens is 1. The highest BCUT2D eigenvalue weighted by atomic mass is 19.2. The number of esters is 1. The van der Waals surface area contributed by atoms with Crippen molar-refractivity contribution in [2.45, 2.75) is 69.2 Å². The Morgan fingerprint density at radius 2 is 2.00 bits per heavy atom. The van der Waals surface area contributed by atoms with Crippen LogP contribution in [0.3, 0.4) is 0 Å². The standard InChI is InChI=1S/C20H27FN2O7/c21-20(11-29-18(26)13-4-2-1-3-5-13)16(25)15(24)17(30-20)23-9-8-14(22-19(23)27)28-10-12-6-7-12/h8-9,12-13,15-17,24-25H,1-7,10-11H2/t15-,16+,17-,20-/m1/s1. The third-order valence-electron chi connectivity index (χ3n) is 5.97. The fourth-order valence-corrected chi connectivity index (χ4v) is 3.88. The van der Waals surface area contributed by atoms with Gasteiger partial charge in [-0.05, 0) is 31.6 Å². The Balaban J connectivity index is 1.40. The normalized spacial score (nSPS) is 32.2. The summed E-state index contributed by atoms with van der Waals surface area (Å²) in [5, 5.41) is 20.4. The summed E-state index contributed by atoms with van der Waals surface area (Å²) in [5.41, 5.74) is -0.817. The van der Waals surface area contributed by atoms with Gasteiger partial charge in [-0.3, -0.25) is 9.36 Å². The van der Waals surface area contributed by atoms with Gasteiger partial charge in [0.2, 0.25) is 5.88 Å². The van der Waals surface area contributed by atoms with Gasteiger partial charge in [-0.25, -0.2) is 9.18 Å². The molecule has 3 fully saturated rings. The molecule has 0 bridgehead atoms. The van der Waals surface area contributed by atoms with Crippen LogP contribution in [-0.2, 0) is 14.3 Å². The fraction of sp³-hybridized carbons (Fsp3) is 0.750. The van der Waals surface area contributed by atoms with Gasteiger partial charge < -0.3 is 24.4 Å². The minimum atomic E-state index is -2.84. The summed E-state index contributed by atoms with van der Waals surface area (Å²) < 4.78 is 31.7. The van der Waals surface area contributed by atoms with Crippen LogP contribution in [0.2, 0.25) is 0 Å². The van der Waals surface area contributed by atoms with Gasteiger partial charge in [0.05, 0.1) is 12.5 Å². The third-order valence-corrected chi connectivity index (χ3v) is 5.97. The first-order chi connectivity index (χ1) is 14.4. The molecule has 2 heterocycles. The van der Waals surface area contributed by atoms with Crippen molar-refractivity contribution >= 4 is 5.97 Å². The van der Waals surface area contributed by atoms with Crippen LogP contribution in [0.1, 0.15) is 51.2 Å². The zero-order valence-electron chi connectivity index (χ0n) is 16.6. The molecule has 30 heavy (non-hydrogen) atoms. The van der Waals surface area contributed by atoms with E-state index in [1.807, 2.05) is 0 Å². The van der Waals surface area contributed by atoms with Crippen molar-refractivity contribution in [2.75, 3.05) is 13.2 Å². The predicted octanol–water partition coefficient (Wildman–Crippen LogP) is 1.07. The Labute approximate surface area is 172 Å². The van der Waals surface area contributed by atoms with Crippen LogP contribution in [0.5, 0.6) is 5.88 Å². The maximum Gasteiger partial charge on any atom is 0.353 e. The second kappa shape index (κ2) is 8.60. The van der Waals surface area contributed by atoms with Crippen LogP contribution >= 0.6 is 0 Å². The van der Waals surface area contributed by atoms with Crippen molar-refractivity contribution in [1.82, 2.24) is 9.55 Å². The lowest BCUT2D eigenvalue weighted by molar-refractivity contribution is -0.218. The van der Waals surface area contributed by atoms with E-state index in [0.717, 1.165) is 36.7 Å². The van der Waals surface area contributed by atoms with Crippen molar-refractivity contribution in [3.8, 4) is 5.88 Å². The number of carbonyl (C=O) groups is 1. The summed E-state index contributed by atoms with van der Waals surface area (Å²) in [5.74, 6) is -3.07. The molecule has 3 aliphatic rings. The molecular weight excluding hydrogens is 399 g/mol. The number of hydrogen-bond acceptors (Lipinski definition) is 8. The number of ether oxygens (including phenoxy) is 3. The van der Waals surface area contributed by atoms with Gasteiger partial charge >= 0.3 is 11.7 Å². The molecule has 2 saturated carbocycles. The molecule has 2 aliphatic carbocycles. The molecule has 0 spiro atoms. The lowest BCUT2D eigenvalue weighted by atomic mass is 9.89. The van der Waals surface area contributed by atoms with Crippen molar-refractivity contribution < 1.29 is 33.6 Å². The monoisotopic (exact) mass is 426 g/mol. The molecule has 0 radical (unpaired) electrons. The summed E-state index contributed by atoms with van der Waals surface area (Å²) in [4.78, 5) is 28.3. The molecule has 1 saturated heterocycles. The quantitative estimate of drug-likeness (QED) is 0.622. The Morgan fingerprint density at radius 3 is 2.67 bits per heavy atom. The summed E-state index contributed by atoms with van der Waals surface area (Å²) in [6, 6.07) is 1.41. The Hall–Kier alpha value is -2.04. The van der Waals surface area contributed by atoms with Gasteiger partial charge in [-0.2, -0.15) is 4.98 Å². The Bertz CT molecular complexity index is 824. The van der Waals surface area contributed by atoms with E-state index in [1.54, 1.807) is 0 Å². The van der Waals surface area contributed by atoms with E-state index in [2.05, 4.69) is 4.98 Å². The average molecular weight is 426 g/mol. The summed E-state index contributed by atoms with van der Waals surface area (Å²) >= 11 is 0. The number of aromatic nitrogens is 2. The molecule has 2 N–H and O–H groups in total. The number of aliphatic hydroxyl groups is 2. The highest BCUT2D eigenvalue weighted by molar-refractivity contribution is 5.72.